The van der Waals surface area contributed by atoms with E-state index in [1.807, 2.05) is 4.90 Å². The Morgan fingerprint density at radius 2 is 2.16 bits per heavy atom. The lowest BCUT2D eigenvalue weighted by molar-refractivity contribution is -0.384. The first-order chi connectivity index (χ1) is 12.0. The molecule has 0 aliphatic carbocycles. The molecule has 0 bridgehead atoms. The van der Waals surface area contributed by atoms with Gasteiger partial charge in [0.05, 0.1) is 24.6 Å². The van der Waals surface area contributed by atoms with Crippen molar-refractivity contribution in [1.29, 1.82) is 0 Å². The minimum absolute atomic E-state index is 0.0748. The average Bonchev–Trinajstić information content (AvgIpc) is 2.62. The van der Waals surface area contributed by atoms with Crippen LogP contribution in [0.2, 0.25) is 0 Å². The summed E-state index contributed by atoms with van der Waals surface area (Å²) in [6.07, 6.45) is -0.0748. The number of ether oxygens (including phenoxy) is 1. The summed E-state index contributed by atoms with van der Waals surface area (Å²) in [4.78, 5) is 40.8. The van der Waals surface area contributed by atoms with Crippen LogP contribution in [-0.4, -0.2) is 59.9 Å². The third-order valence-electron chi connectivity index (χ3n) is 3.85. The van der Waals surface area contributed by atoms with Crippen LogP contribution in [0.5, 0.6) is 0 Å². The summed E-state index contributed by atoms with van der Waals surface area (Å²) >= 11 is 0. The SMILES string of the molecule is O=C1CC(C(=O)Nc2cccc([N+](=O)[O-])c2)N=C(N2CCOCC2)N1. The van der Waals surface area contributed by atoms with Crippen molar-refractivity contribution < 1.29 is 19.2 Å². The Balaban J connectivity index is 1.73. The molecule has 0 aromatic heterocycles. The van der Waals surface area contributed by atoms with Crippen molar-refractivity contribution in [2.45, 2.75) is 12.5 Å². The minimum Gasteiger partial charge on any atom is -0.378 e. The van der Waals surface area contributed by atoms with Crippen molar-refractivity contribution in [2.24, 2.45) is 4.99 Å². The first kappa shape index (κ1) is 16.8. The Labute approximate surface area is 143 Å². The number of morpholine rings is 1. The minimum atomic E-state index is -0.883. The Bertz CT molecular complexity index is 729. The van der Waals surface area contributed by atoms with E-state index in [9.17, 15) is 19.7 Å². The van der Waals surface area contributed by atoms with Gasteiger partial charge < -0.3 is 15.0 Å². The van der Waals surface area contributed by atoms with Gasteiger partial charge in [0.25, 0.3) is 5.69 Å². The Morgan fingerprint density at radius 3 is 2.88 bits per heavy atom. The molecule has 2 aliphatic heterocycles. The molecule has 0 radical (unpaired) electrons. The molecule has 2 amide bonds. The average molecular weight is 347 g/mol. The van der Waals surface area contributed by atoms with Crippen molar-refractivity contribution in [3.8, 4) is 0 Å². The highest BCUT2D eigenvalue weighted by atomic mass is 16.6. The first-order valence-electron chi connectivity index (χ1n) is 7.78. The number of non-ortho nitro benzene ring substituents is 1. The van der Waals surface area contributed by atoms with Crippen LogP contribution in [0.1, 0.15) is 6.42 Å². The smallest absolute Gasteiger partial charge is 0.271 e. The number of guanidine groups is 1. The zero-order chi connectivity index (χ0) is 17.8. The van der Waals surface area contributed by atoms with Crippen molar-refractivity contribution >= 4 is 29.1 Å². The number of anilines is 1. The zero-order valence-electron chi connectivity index (χ0n) is 13.3. The first-order valence-corrected chi connectivity index (χ1v) is 7.78. The fourth-order valence-corrected chi connectivity index (χ4v) is 2.59. The molecule has 1 aromatic rings. The number of carbonyl (C=O) groups excluding carboxylic acids is 2. The van der Waals surface area contributed by atoms with Gasteiger partial charge in [0.2, 0.25) is 17.8 Å². The number of benzene rings is 1. The van der Waals surface area contributed by atoms with Crippen molar-refractivity contribution in [3.63, 3.8) is 0 Å². The van der Waals surface area contributed by atoms with E-state index >= 15 is 0 Å². The molecule has 0 spiro atoms. The van der Waals surface area contributed by atoms with Gasteiger partial charge in [0.1, 0.15) is 6.04 Å². The predicted octanol–water partition coefficient (Wildman–Crippen LogP) is 0.110. The van der Waals surface area contributed by atoms with Crippen LogP contribution >= 0.6 is 0 Å². The molecule has 2 aliphatic rings. The highest BCUT2D eigenvalue weighted by Crippen LogP contribution is 2.18. The normalized spacial score (nSPS) is 20.5. The monoisotopic (exact) mass is 347 g/mol. The zero-order valence-corrected chi connectivity index (χ0v) is 13.3. The van der Waals surface area contributed by atoms with E-state index in [4.69, 9.17) is 4.74 Å². The van der Waals surface area contributed by atoms with Crippen LogP contribution in [0.15, 0.2) is 29.3 Å². The lowest BCUT2D eigenvalue weighted by atomic mass is 10.1. The molecule has 1 saturated heterocycles. The lowest BCUT2D eigenvalue weighted by Gasteiger charge is -2.32. The summed E-state index contributed by atoms with van der Waals surface area (Å²) in [5.41, 5.74) is 0.157. The van der Waals surface area contributed by atoms with Crippen molar-refractivity contribution in [1.82, 2.24) is 10.2 Å². The molecule has 25 heavy (non-hydrogen) atoms. The van der Waals surface area contributed by atoms with Gasteiger partial charge in [-0.05, 0) is 6.07 Å². The summed E-state index contributed by atoms with van der Waals surface area (Å²) in [6.45, 7) is 2.22. The molecule has 3 rings (SSSR count). The second kappa shape index (κ2) is 7.26. The number of nitro benzene ring substituents is 1. The largest absolute Gasteiger partial charge is 0.378 e. The highest BCUT2D eigenvalue weighted by molar-refractivity contribution is 6.06. The van der Waals surface area contributed by atoms with E-state index in [0.717, 1.165) is 0 Å². The fraction of sp³-hybridized carbons (Fsp3) is 0.400. The van der Waals surface area contributed by atoms with Gasteiger partial charge >= 0.3 is 0 Å². The van der Waals surface area contributed by atoms with Gasteiger partial charge in [0, 0.05) is 30.9 Å². The summed E-state index contributed by atoms with van der Waals surface area (Å²) < 4.78 is 5.26. The van der Waals surface area contributed by atoms with Crippen LogP contribution in [0, 0.1) is 10.1 Å². The Hall–Kier alpha value is -3.01. The van der Waals surface area contributed by atoms with Crippen LogP contribution in [0.4, 0.5) is 11.4 Å². The van der Waals surface area contributed by atoms with Crippen LogP contribution < -0.4 is 10.6 Å². The topological polar surface area (TPSA) is 126 Å². The number of nitrogens with zero attached hydrogens (tertiary/aromatic N) is 3. The van der Waals surface area contributed by atoms with Crippen molar-refractivity contribution in [2.75, 3.05) is 31.6 Å². The molecular formula is C15H17N5O5. The highest BCUT2D eigenvalue weighted by Gasteiger charge is 2.30. The van der Waals surface area contributed by atoms with E-state index in [-0.39, 0.29) is 23.7 Å². The Kier molecular flexibility index (Phi) is 4.89. The van der Waals surface area contributed by atoms with E-state index in [0.29, 0.717) is 32.3 Å². The predicted molar refractivity (Wildman–Crippen MR) is 88.1 cm³/mol. The maximum Gasteiger partial charge on any atom is 0.271 e. The molecular weight excluding hydrogens is 330 g/mol. The van der Waals surface area contributed by atoms with Gasteiger partial charge in [-0.2, -0.15) is 0 Å². The maximum atomic E-state index is 12.4. The molecule has 1 fully saturated rings. The van der Waals surface area contributed by atoms with E-state index in [2.05, 4.69) is 15.6 Å². The maximum absolute atomic E-state index is 12.4. The van der Waals surface area contributed by atoms with Gasteiger partial charge in [-0.15, -0.1) is 0 Å². The standard InChI is InChI=1S/C15H17N5O5/c21-13-9-12(17-15(18-13)19-4-6-25-7-5-19)14(22)16-10-2-1-3-11(8-10)20(23)24/h1-3,8,12H,4-7,9H2,(H,16,22)(H,17,18,21). The molecule has 132 valence electrons. The third-order valence-corrected chi connectivity index (χ3v) is 3.85. The van der Waals surface area contributed by atoms with Gasteiger partial charge in [0.15, 0.2) is 0 Å². The van der Waals surface area contributed by atoms with Gasteiger partial charge in [-0.1, -0.05) is 6.07 Å². The number of nitro groups is 1. The van der Waals surface area contributed by atoms with Crippen molar-refractivity contribution in [3.05, 3.63) is 34.4 Å². The molecule has 2 heterocycles. The number of hydrogen-bond donors (Lipinski definition) is 2. The molecule has 10 heteroatoms. The lowest BCUT2D eigenvalue weighted by Crippen LogP contribution is -2.53. The van der Waals surface area contributed by atoms with E-state index in [1.54, 1.807) is 6.07 Å². The summed E-state index contributed by atoms with van der Waals surface area (Å²) in [5, 5.41) is 16.1. The number of hydrogen-bond acceptors (Lipinski definition) is 7. The number of carbonyl (C=O) groups is 2. The molecule has 2 N–H and O–H groups in total. The van der Waals surface area contributed by atoms with E-state index < -0.39 is 16.9 Å². The Morgan fingerprint density at radius 1 is 1.40 bits per heavy atom. The molecule has 10 nitrogen and oxygen atoms in total. The van der Waals surface area contributed by atoms with E-state index in [1.165, 1.54) is 18.2 Å². The summed E-state index contributed by atoms with van der Waals surface area (Å²) in [7, 11) is 0. The number of amides is 2. The molecule has 1 atom stereocenters. The summed E-state index contributed by atoms with van der Waals surface area (Å²) in [6, 6.07) is 4.72. The molecule has 1 aromatic carbocycles. The number of aliphatic imine (C=N–C) groups is 1. The molecule has 0 saturated carbocycles. The number of rotatable bonds is 3. The third kappa shape index (κ3) is 4.10. The summed E-state index contributed by atoms with van der Waals surface area (Å²) in [5.74, 6) is -0.421. The second-order valence-electron chi connectivity index (χ2n) is 5.62. The van der Waals surface area contributed by atoms with Gasteiger partial charge in [-0.3, -0.25) is 25.0 Å². The molecule has 1 unspecified atom stereocenters. The number of nitrogens with one attached hydrogen (secondary N) is 2. The quantitative estimate of drug-likeness (QED) is 0.590. The van der Waals surface area contributed by atoms with Crippen LogP contribution in [-0.2, 0) is 14.3 Å². The van der Waals surface area contributed by atoms with Crippen LogP contribution in [0.3, 0.4) is 0 Å². The van der Waals surface area contributed by atoms with Crippen LogP contribution in [0.25, 0.3) is 0 Å². The fourth-order valence-electron chi connectivity index (χ4n) is 2.59. The van der Waals surface area contributed by atoms with Gasteiger partial charge in [-0.25, -0.2) is 4.99 Å². The second-order valence-corrected chi connectivity index (χ2v) is 5.62.